The lowest BCUT2D eigenvalue weighted by molar-refractivity contribution is -0.361. The molecule has 1 unspecified atom stereocenters. The summed E-state index contributed by atoms with van der Waals surface area (Å²) in [6.07, 6.45) is 32.3. The largest absolute Gasteiger partial charge is 0.618 e. The third-order valence-corrected chi connectivity index (χ3v) is 13.3. The van der Waals surface area contributed by atoms with Gasteiger partial charge in [0.25, 0.3) is 0 Å². The van der Waals surface area contributed by atoms with Crippen LogP contribution in [-0.2, 0) is 0 Å². The highest BCUT2D eigenvalue weighted by Crippen LogP contribution is 2.55. The molecule has 302 valence electrons. The molecule has 2 aromatic rings. The fraction of sp³-hybridized carbons (Fsp3) is 0.647. The molecule has 2 aromatic carbocycles. The maximum absolute atomic E-state index is 13.1. The predicted octanol–water partition coefficient (Wildman–Crippen LogP) is 15.7. The number of hydrogen-bond acceptors (Lipinski definition) is 2. The van der Waals surface area contributed by atoms with Crippen LogP contribution in [0.3, 0.4) is 0 Å². The summed E-state index contributed by atoms with van der Waals surface area (Å²) in [7, 11) is 0. The molecule has 0 bridgehead atoms. The Hall–Kier alpha value is -3.14. The first-order valence-corrected chi connectivity index (χ1v) is 22.7. The van der Waals surface area contributed by atoms with Gasteiger partial charge in [0.2, 0.25) is 22.8 Å². The van der Waals surface area contributed by atoms with Crippen molar-refractivity contribution in [2.45, 2.75) is 190 Å². The summed E-state index contributed by atoms with van der Waals surface area (Å²) in [5.41, 5.74) is 8.57. The Balaban J connectivity index is 0.000000211. The number of para-hydroxylation sites is 2. The van der Waals surface area contributed by atoms with Crippen molar-refractivity contribution in [2.75, 3.05) is 0 Å². The van der Waals surface area contributed by atoms with Crippen LogP contribution in [0.25, 0.3) is 11.1 Å². The Labute approximate surface area is 336 Å². The summed E-state index contributed by atoms with van der Waals surface area (Å²) in [6.45, 7) is 18.3. The normalized spacial score (nSPS) is 21.2. The number of benzene rings is 2. The van der Waals surface area contributed by atoms with Crippen LogP contribution >= 0.6 is 0 Å². The van der Waals surface area contributed by atoms with E-state index in [9.17, 15) is 10.4 Å². The van der Waals surface area contributed by atoms with Gasteiger partial charge in [0.05, 0.1) is 33.1 Å². The van der Waals surface area contributed by atoms with E-state index < -0.39 is 0 Å². The molecule has 0 spiro atoms. The second-order valence-electron chi connectivity index (χ2n) is 19.4. The zero-order chi connectivity index (χ0) is 39.7. The zero-order valence-electron chi connectivity index (χ0n) is 36.3. The molecule has 2 aliphatic heterocycles. The quantitative estimate of drug-likeness (QED) is 0.0816. The molecule has 2 heterocycles. The summed E-state index contributed by atoms with van der Waals surface area (Å²) in [5.74, 6) is 0. The summed E-state index contributed by atoms with van der Waals surface area (Å²) in [5, 5.41) is 26.0. The van der Waals surface area contributed by atoms with Crippen molar-refractivity contribution >= 4 is 33.9 Å². The van der Waals surface area contributed by atoms with Gasteiger partial charge >= 0.3 is 0 Å². The number of rotatable bonds is 19. The van der Waals surface area contributed by atoms with Crippen LogP contribution in [0, 0.1) is 32.1 Å². The lowest BCUT2D eigenvalue weighted by atomic mass is 9.60. The van der Waals surface area contributed by atoms with Gasteiger partial charge in [0, 0.05) is 12.1 Å². The number of nitrogens with zero attached hydrogens (tertiary/aromatic N) is 2. The van der Waals surface area contributed by atoms with Crippen molar-refractivity contribution < 1.29 is 9.48 Å². The first-order valence-electron chi connectivity index (χ1n) is 22.7. The molecule has 0 amide bonds. The molecule has 2 aliphatic carbocycles. The van der Waals surface area contributed by atoms with E-state index in [2.05, 4.69) is 85.7 Å². The van der Waals surface area contributed by atoms with Gasteiger partial charge in [-0.3, -0.25) is 0 Å². The highest BCUT2D eigenvalue weighted by atomic mass is 16.5. The highest BCUT2D eigenvalue weighted by molar-refractivity contribution is 6.28. The number of hydrogen-bond donors (Lipinski definition) is 0. The van der Waals surface area contributed by atoms with Gasteiger partial charge in [0.15, 0.2) is 0 Å². The molecule has 0 radical (unpaired) electrons. The molecule has 1 atom stereocenters. The molecular formula is C51H76N2O2. The fourth-order valence-electron chi connectivity index (χ4n) is 10.9. The third-order valence-electron chi connectivity index (χ3n) is 13.3. The first kappa shape index (κ1) is 43.0. The van der Waals surface area contributed by atoms with E-state index in [4.69, 9.17) is 0 Å². The van der Waals surface area contributed by atoms with Gasteiger partial charge in [-0.15, -0.1) is 0 Å². The highest BCUT2D eigenvalue weighted by Gasteiger charge is 2.51. The lowest BCUT2D eigenvalue weighted by Crippen LogP contribution is -2.39. The van der Waals surface area contributed by atoms with Crippen LogP contribution in [-0.4, -0.2) is 20.9 Å². The van der Waals surface area contributed by atoms with Crippen molar-refractivity contribution in [3.8, 4) is 0 Å². The van der Waals surface area contributed by atoms with E-state index in [1.807, 2.05) is 30.3 Å². The average Bonchev–Trinajstić information content (AvgIpc) is 3.60. The Bertz CT molecular complexity index is 1710. The molecule has 0 saturated carbocycles. The van der Waals surface area contributed by atoms with E-state index >= 15 is 0 Å². The van der Waals surface area contributed by atoms with E-state index in [0.717, 1.165) is 46.8 Å². The maximum Gasteiger partial charge on any atom is 0.224 e. The average molecular weight is 749 g/mol. The molecule has 0 fully saturated rings. The molecule has 4 aliphatic rings. The second-order valence-corrected chi connectivity index (χ2v) is 19.4. The standard InChI is InChI=1S/C26H39NO.C25H37NO/c1-5-7-9-13-17-26(18-14-10-8-6-2)19-22-21-15-11-12-16-23(21)27(28)24(22)25(3,4)20-26;1-5-6-7-8-9-10-11-14-17-25(4)18-21-20-15-12-13-16-22(20)26(27)23(21)24(2,3)19-25/h11-12,15-16,19H,5-10,13-14,17-18,20H2,1-4H3;12-13,15-16,18H,5-11,14,17,19H2,1-4H3. The number of fused-ring (bicyclic) bond motifs is 6. The van der Waals surface area contributed by atoms with Gasteiger partial charge in [-0.05, 0) is 82.8 Å². The van der Waals surface area contributed by atoms with Gasteiger partial charge in [0.1, 0.15) is 0 Å². The minimum absolute atomic E-state index is 0.0830. The van der Waals surface area contributed by atoms with Crippen LogP contribution < -0.4 is 0 Å². The van der Waals surface area contributed by atoms with Crippen molar-refractivity contribution in [1.29, 1.82) is 0 Å². The molecule has 0 aromatic heterocycles. The summed E-state index contributed by atoms with van der Waals surface area (Å²) >= 11 is 0. The van der Waals surface area contributed by atoms with Gasteiger partial charge in [-0.25, -0.2) is 0 Å². The predicted molar refractivity (Wildman–Crippen MR) is 238 cm³/mol. The van der Waals surface area contributed by atoms with Crippen molar-refractivity contribution in [3.63, 3.8) is 0 Å². The monoisotopic (exact) mass is 749 g/mol. The van der Waals surface area contributed by atoms with Gasteiger partial charge < -0.3 is 10.4 Å². The van der Waals surface area contributed by atoms with E-state index in [0.29, 0.717) is 0 Å². The molecular weight excluding hydrogens is 673 g/mol. The van der Waals surface area contributed by atoms with Gasteiger partial charge in [-0.1, -0.05) is 167 Å². The van der Waals surface area contributed by atoms with Crippen LogP contribution in [0.2, 0.25) is 0 Å². The van der Waals surface area contributed by atoms with Crippen LogP contribution in [0.4, 0.5) is 11.4 Å². The number of unbranched alkanes of at least 4 members (excludes halogenated alkanes) is 13. The van der Waals surface area contributed by atoms with E-state index in [1.165, 1.54) is 143 Å². The van der Waals surface area contributed by atoms with Crippen molar-refractivity contribution in [2.24, 2.45) is 21.7 Å². The maximum atomic E-state index is 13.1. The van der Waals surface area contributed by atoms with Crippen LogP contribution in [0.1, 0.15) is 201 Å². The topological polar surface area (TPSA) is 52.1 Å². The third kappa shape index (κ3) is 10.1. The molecule has 0 saturated heterocycles. The first-order chi connectivity index (χ1) is 26.3. The number of allylic oxidation sites excluding steroid dienone is 4. The minimum atomic E-state index is -0.0836. The Morgan fingerprint density at radius 3 is 1.35 bits per heavy atom. The second kappa shape index (κ2) is 18.9. The molecule has 0 N–H and O–H groups in total. The Kier molecular flexibility index (Phi) is 14.7. The minimum Gasteiger partial charge on any atom is -0.618 e. The summed E-state index contributed by atoms with van der Waals surface area (Å²) in [6, 6.07) is 16.3. The summed E-state index contributed by atoms with van der Waals surface area (Å²) < 4.78 is 2.41. The SMILES string of the molecule is CCCCCCC1(CCCCCC)C=C2C(=[N+]([O-])c3ccccc32)C(C)(C)C1.CCCCCCCCCCC1(C)C=C2C(=[N+]([O-])c3ccccc32)C(C)(C)C1. The Morgan fingerprint density at radius 1 is 0.473 bits per heavy atom. The molecule has 4 nitrogen and oxygen atoms in total. The zero-order valence-corrected chi connectivity index (χ0v) is 36.3. The van der Waals surface area contributed by atoms with E-state index in [-0.39, 0.29) is 21.7 Å². The van der Waals surface area contributed by atoms with Crippen molar-refractivity contribution in [1.82, 2.24) is 0 Å². The fourth-order valence-corrected chi connectivity index (χ4v) is 10.9. The van der Waals surface area contributed by atoms with E-state index in [1.54, 1.807) is 0 Å². The molecule has 4 heteroatoms. The van der Waals surface area contributed by atoms with Crippen LogP contribution in [0.5, 0.6) is 0 Å². The van der Waals surface area contributed by atoms with Gasteiger partial charge in [-0.2, -0.15) is 9.48 Å². The molecule has 6 rings (SSSR count). The smallest absolute Gasteiger partial charge is 0.224 e. The Morgan fingerprint density at radius 2 is 0.855 bits per heavy atom. The summed E-state index contributed by atoms with van der Waals surface area (Å²) in [4.78, 5) is 0. The lowest BCUT2D eigenvalue weighted by Gasteiger charge is -2.42. The molecule has 55 heavy (non-hydrogen) atoms. The van der Waals surface area contributed by atoms with Crippen molar-refractivity contribution in [3.05, 3.63) is 82.2 Å². The van der Waals surface area contributed by atoms with Crippen LogP contribution in [0.15, 0.2) is 60.7 Å².